The normalized spacial score (nSPS) is 11.9. The highest BCUT2D eigenvalue weighted by molar-refractivity contribution is 6.99. The van der Waals surface area contributed by atoms with Crippen LogP contribution in [0.25, 0.3) is 71.7 Å². The van der Waals surface area contributed by atoms with E-state index in [0.29, 0.717) is 0 Å². The molecular formula is C111H151ClN16O3S+10. The summed E-state index contributed by atoms with van der Waals surface area (Å²) in [5.74, 6) is 1.89. The molecular weight excluding hydrogens is 1670 g/mol. The Morgan fingerprint density at radius 1 is 0.402 bits per heavy atom. The summed E-state index contributed by atoms with van der Waals surface area (Å²) in [6.45, 7) is 71.0. The maximum absolute atomic E-state index is 6.58. The lowest BCUT2D eigenvalue weighted by molar-refractivity contribution is -0.911. The first-order valence-corrected chi connectivity index (χ1v) is 46.8. The Kier molecular flexibility index (Phi) is 35.5. The highest BCUT2D eigenvalue weighted by atomic mass is 35.5. The number of aryl methyl sites for hydroxylation is 4. The maximum Gasteiger partial charge on any atom is 0.297 e. The second kappa shape index (κ2) is 44.5. The van der Waals surface area contributed by atoms with Crippen LogP contribution in [0, 0.1) is 20.8 Å². The molecule has 0 saturated heterocycles. The Morgan fingerprint density at radius 3 is 1.37 bits per heavy atom. The van der Waals surface area contributed by atoms with Gasteiger partial charge in [0.2, 0.25) is 62.0 Å². The molecule has 132 heavy (non-hydrogen) atoms. The number of nitrogens with zero attached hydrogens (tertiary/aromatic N) is 16. The largest absolute Gasteiger partial charge is 0.297 e. The van der Waals surface area contributed by atoms with Crippen molar-refractivity contribution < 1.29 is 59.4 Å². The van der Waals surface area contributed by atoms with Crippen molar-refractivity contribution in [2.75, 3.05) is 0 Å². The Balaban J connectivity index is 0.000000182. The predicted octanol–water partition coefficient (Wildman–Crippen LogP) is 23.0. The summed E-state index contributed by atoms with van der Waals surface area (Å²) in [5.41, 5.74) is 13.7. The molecule has 0 spiro atoms. The van der Waals surface area contributed by atoms with E-state index in [1.54, 1.807) is 35.1 Å². The van der Waals surface area contributed by atoms with E-state index in [0.717, 1.165) is 49.8 Å². The zero-order chi connectivity index (χ0) is 97.8. The number of benzene rings is 7. The predicted molar refractivity (Wildman–Crippen MR) is 536 cm³/mol. The fourth-order valence-electron chi connectivity index (χ4n) is 14.5. The molecule has 0 amide bonds. The zero-order valence-corrected chi connectivity index (χ0v) is 87.0. The molecule has 0 bridgehead atoms. The minimum atomic E-state index is -0.0770. The summed E-state index contributed by atoms with van der Waals surface area (Å²) in [5, 5.41) is 16.1. The second-order valence-electron chi connectivity index (χ2n) is 42.8. The molecule has 0 aliphatic carbocycles. The molecule has 0 aliphatic rings. The standard InChI is InChI=1S/C17H17ClN.C14H18NO.C14H18N.2C12H15N2.C11H15N4.C9H16NO.C8H13N2.C7H12NO.C7H12NS/c1-17(2,3)19-14-10-6-4-8-12(14)16(18)13-9-5-7-11-15(13)19;1-11-10-13(12-8-6-5-7-9-12)16-15(11)14(2,3)4;1-14(2,3)13-10-9-11-7-5-6-8-12(11)15(13)4;1-12(2,3)14-9-13-8-10-6-4-5-7-11(10)14;1-12(2,3)14-9-8-13-10-6-4-5-7-11(10)14;1-11(2,3)15-13-9-12-14(15)10-7-5-4-6-8-10;1-7-6-8(2)11-10(7)9(3,4)5;1-8(2,3)10-6-4-5-9-7-10;2*1-7(2,3)8-5-4-6-9-8/h4-11H,1-3H3;5-10H,1-4H3;5-10H,1-4H3;2*4-9H,1-3H3;4-9H,1-3H3;6H,1-5H3;4-7H,1-3H3;2*4-6H,1-3H3/q10*+1. The van der Waals surface area contributed by atoms with E-state index < -0.39 is 0 Å². The maximum atomic E-state index is 6.58. The number of fused-ring (bicyclic) bond motifs is 5. The van der Waals surface area contributed by atoms with Crippen LogP contribution in [-0.4, -0.2) is 29.9 Å². The van der Waals surface area contributed by atoms with E-state index >= 15 is 0 Å². The number of aromatic nitrogens is 16. The highest BCUT2D eigenvalue weighted by Crippen LogP contribution is 2.32. The summed E-state index contributed by atoms with van der Waals surface area (Å²) in [6, 6.07) is 76.3. The number of halogens is 1. The summed E-state index contributed by atoms with van der Waals surface area (Å²) in [7, 11) is 2.14. The lowest BCUT2D eigenvalue weighted by Gasteiger charge is -2.18. The minimum Gasteiger partial charge on any atom is -0.244 e. The minimum absolute atomic E-state index is 0.00377. The topological polar surface area (TPSA) is 148 Å². The molecule has 0 aliphatic heterocycles. The highest BCUT2D eigenvalue weighted by Gasteiger charge is 2.35. The van der Waals surface area contributed by atoms with Gasteiger partial charge in [0, 0.05) is 215 Å². The molecule has 696 valence electrons. The van der Waals surface area contributed by atoms with E-state index in [1.165, 1.54) is 49.7 Å². The van der Waals surface area contributed by atoms with Crippen LogP contribution in [0.1, 0.15) is 231 Å². The molecule has 19 nitrogen and oxygen atoms in total. The van der Waals surface area contributed by atoms with Gasteiger partial charge in [0.15, 0.2) is 52.9 Å². The van der Waals surface area contributed by atoms with Crippen molar-refractivity contribution in [3.05, 3.63) is 326 Å². The van der Waals surface area contributed by atoms with Gasteiger partial charge in [-0.05, 0) is 141 Å². The van der Waals surface area contributed by atoms with Crippen molar-refractivity contribution in [2.24, 2.45) is 7.05 Å². The van der Waals surface area contributed by atoms with Crippen LogP contribution in [-0.2, 0) is 62.3 Å². The molecule has 17 rings (SSSR count). The van der Waals surface area contributed by atoms with Crippen LogP contribution in [0.2, 0.25) is 5.02 Å². The molecule has 0 saturated carbocycles. The van der Waals surface area contributed by atoms with E-state index in [-0.39, 0.29) is 55.3 Å². The van der Waals surface area contributed by atoms with Gasteiger partial charge in [-0.3, -0.25) is 0 Å². The van der Waals surface area contributed by atoms with Crippen LogP contribution in [0.15, 0.2) is 312 Å². The van der Waals surface area contributed by atoms with Crippen LogP contribution < -0.4 is 45.8 Å². The smallest absolute Gasteiger partial charge is 0.244 e. The number of hydrogen-bond donors (Lipinski definition) is 0. The first kappa shape index (κ1) is 105. The van der Waals surface area contributed by atoms with Crippen molar-refractivity contribution in [3.8, 4) is 17.0 Å². The van der Waals surface area contributed by atoms with Crippen molar-refractivity contribution in [2.45, 2.75) is 284 Å². The molecule has 0 radical (unpaired) electrons. The van der Waals surface area contributed by atoms with Gasteiger partial charge in [-0.15, -0.1) is 3.96 Å². The Hall–Kier alpha value is -12.0. The van der Waals surface area contributed by atoms with Crippen molar-refractivity contribution in [3.63, 3.8) is 0 Å². The molecule has 0 unspecified atom stereocenters. The first-order valence-electron chi connectivity index (χ1n) is 45.6. The fourth-order valence-corrected chi connectivity index (χ4v) is 15.6. The van der Waals surface area contributed by atoms with Crippen LogP contribution in [0.4, 0.5) is 0 Å². The van der Waals surface area contributed by atoms with Gasteiger partial charge < -0.3 is 0 Å². The Morgan fingerprint density at radius 2 is 0.924 bits per heavy atom. The number of pyridine rings is 2. The Bertz CT molecular complexity index is 6230. The zero-order valence-electron chi connectivity index (χ0n) is 85.5. The number of rotatable bonds is 2. The lowest BCUT2D eigenvalue weighted by Crippen LogP contribution is -2.58. The van der Waals surface area contributed by atoms with Gasteiger partial charge in [-0.25, -0.2) is 27.7 Å². The van der Waals surface area contributed by atoms with Gasteiger partial charge in [-0.1, -0.05) is 152 Å². The summed E-state index contributed by atoms with van der Waals surface area (Å²) >= 11 is 8.33. The number of tetrazole rings is 1. The number of hydrogen-bond acceptors (Lipinski definition) is 9. The van der Waals surface area contributed by atoms with Gasteiger partial charge in [0.25, 0.3) is 19.0 Å². The molecule has 0 atom stereocenters. The summed E-state index contributed by atoms with van der Waals surface area (Å²) < 4.78 is 35.6. The molecule has 21 heteroatoms. The van der Waals surface area contributed by atoms with Gasteiger partial charge in [-0.2, -0.15) is 13.7 Å². The van der Waals surface area contributed by atoms with Crippen LogP contribution in [0.5, 0.6) is 0 Å². The van der Waals surface area contributed by atoms with Crippen LogP contribution in [0.3, 0.4) is 0 Å². The van der Waals surface area contributed by atoms with E-state index in [1.807, 2.05) is 173 Å². The third-order valence-corrected chi connectivity index (χ3v) is 22.3. The number of para-hydroxylation sites is 7. The monoisotopic (exact) mass is 1820 g/mol. The average Bonchev–Trinajstić information content (AvgIpc) is 0.921. The van der Waals surface area contributed by atoms with Crippen molar-refractivity contribution >= 4 is 77.8 Å². The van der Waals surface area contributed by atoms with Crippen LogP contribution >= 0.6 is 23.1 Å². The molecule has 7 aromatic carbocycles. The third kappa shape index (κ3) is 30.0. The first-order chi connectivity index (χ1) is 61.5. The van der Waals surface area contributed by atoms with Crippen molar-refractivity contribution in [1.82, 2.24) is 29.9 Å². The quantitative estimate of drug-likeness (QED) is 0.123. The van der Waals surface area contributed by atoms with E-state index in [2.05, 4.69) is 413 Å². The van der Waals surface area contributed by atoms with Crippen molar-refractivity contribution in [1.29, 1.82) is 0 Å². The molecule has 0 N–H and O–H groups in total. The molecule has 10 heterocycles. The van der Waals surface area contributed by atoms with Gasteiger partial charge in [0.1, 0.15) is 58.1 Å². The lowest BCUT2D eigenvalue weighted by atomic mass is 9.90. The molecule has 17 aromatic rings. The summed E-state index contributed by atoms with van der Waals surface area (Å²) in [6.07, 6.45) is 20.6. The summed E-state index contributed by atoms with van der Waals surface area (Å²) in [4.78, 5) is 16.3. The van der Waals surface area contributed by atoms with E-state index in [4.69, 9.17) is 25.2 Å². The fraction of sp³-hybridized carbons (Fsp3) is 0.396. The van der Waals surface area contributed by atoms with Gasteiger partial charge >= 0.3 is 0 Å². The molecule has 0 fully saturated rings. The van der Waals surface area contributed by atoms with Gasteiger partial charge in [0.05, 0.1) is 56.2 Å². The molecule has 10 aromatic heterocycles. The SMILES string of the molecule is CC(C)(C)[n+]1c2ccccc2c(Cl)c2ccccc21.CC(C)(C)[n+]1cccnc1.CC(C)(C)[n+]1ccco1.CC(C)(C)[n+]1cccs1.CC(C)(C)[n+]1ccnc2ccccc21.CC(C)(C)[n+]1cncc2ccccc21.CC(C)(C)[n+]1ncnn1-c1ccccc1.C[n+]1c(C(C)(C)C)ccc2ccccc21.Cc1cc(-c2ccccc2)o[n+]1C(C)(C)C.Cc1cc(C)[n+](C(C)(C)C)o1. The Labute approximate surface area is 796 Å². The third-order valence-electron chi connectivity index (χ3n) is 20.7. The second-order valence-corrected chi connectivity index (χ2v) is 44.1. The average molecular weight is 1830 g/mol. The van der Waals surface area contributed by atoms with E-state index in [9.17, 15) is 0 Å².